The van der Waals surface area contributed by atoms with Crippen LogP contribution >= 0.6 is 22.6 Å². The Morgan fingerprint density at radius 3 is 2.88 bits per heavy atom. The first-order valence-electron chi connectivity index (χ1n) is 2.46. The highest BCUT2D eigenvalue weighted by Crippen LogP contribution is 2.10. The van der Waals surface area contributed by atoms with Crippen LogP contribution in [0, 0.1) is 0 Å². The first kappa shape index (κ1) is 6.07. The first-order valence-corrected chi connectivity index (χ1v) is 3.54. The third-order valence-electron chi connectivity index (χ3n) is 0.979. The third kappa shape index (κ3) is 1.21. The molecule has 44 valence electrons. The summed E-state index contributed by atoms with van der Waals surface area (Å²) in [7, 11) is 0. The van der Waals surface area contributed by atoms with E-state index in [-0.39, 0.29) is 0 Å². The molecule has 0 aromatic rings. The Morgan fingerprint density at radius 1 is 1.75 bits per heavy atom. The van der Waals surface area contributed by atoms with Gasteiger partial charge in [0, 0.05) is 6.54 Å². The van der Waals surface area contributed by atoms with Gasteiger partial charge >= 0.3 is 0 Å². The predicted octanol–water partition coefficient (Wildman–Crippen LogP) is 1.07. The zero-order chi connectivity index (χ0) is 5.98. The summed E-state index contributed by atoms with van der Waals surface area (Å²) in [6.07, 6.45) is 3.14. The highest BCUT2D eigenvalue weighted by atomic mass is 127. The molecule has 8 heavy (non-hydrogen) atoms. The van der Waals surface area contributed by atoms with Gasteiger partial charge in [-0.25, -0.2) is 0 Å². The molecule has 0 aromatic heterocycles. The molecule has 1 rings (SSSR count). The Hall–Kier alpha value is -0.0600. The zero-order valence-electron chi connectivity index (χ0n) is 4.39. The fraction of sp³-hybridized carbons (Fsp3) is 0.400. The van der Waals surface area contributed by atoms with E-state index in [4.69, 9.17) is 5.73 Å². The number of hydrogen-bond acceptors (Lipinski definition) is 2. The van der Waals surface area contributed by atoms with E-state index < -0.39 is 0 Å². The molecule has 1 aliphatic rings. The molecular formula is C5H7IN2. The predicted molar refractivity (Wildman–Crippen MR) is 43.2 cm³/mol. The number of aliphatic imine (C=N–C) groups is 1. The molecule has 2 nitrogen and oxygen atoms in total. The molecule has 0 saturated carbocycles. The smallest absolute Gasteiger partial charge is 0.131 e. The molecule has 1 aliphatic heterocycles. The number of dihydropyridines is 1. The molecule has 0 saturated heterocycles. The van der Waals surface area contributed by atoms with Crippen LogP contribution < -0.4 is 5.73 Å². The summed E-state index contributed by atoms with van der Waals surface area (Å²) >= 11 is 2.19. The van der Waals surface area contributed by atoms with Crippen molar-refractivity contribution in [2.45, 2.75) is 6.42 Å². The van der Waals surface area contributed by atoms with Crippen molar-refractivity contribution < 1.29 is 0 Å². The van der Waals surface area contributed by atoms with E-state index in [9.17, 15) is 0 Å². The van der Waals surface area contributed by atoms with Crippen LogP contribution in [0.2, 0.25) is 0 Å². The fourth-order valence-electron chi connectivity index (χ4n) is 0.556. The molecule has 0 radical (unpaired) electrons. The molecule has 0 atom stereocenters. The van der Waals surface area contributed by atoms with Crippen LogP contribution in [0.1, 0.15) is 6.42 Å². The number of hydrogen-bond donors (Lipinski definition) is 1. The molecule has 0 unspecified atom stereocenters. The van der Waals surface area contributed by atoms with Crippen molar-refractivity contribution in [1.29, 1.82) is 0 Å². The van der Waals surface area contributed by atoms with Crippen molar-refractivity contribution in [3.8, 4) is 0 Å². The maximum absolute atomic E-state index is 5.45. The number of amidine groups is 1. The summed E-state index contributed by atoms with van der Waals surface area (Å²) in [5.41, 5.74) is 5.45. The van der Waals surface area contributed by atoms with Gasteiger partial charge in [-0.3, -0.25) is 4.99 Å². The van der Waals surface area contributed by atoms with E-state index in [1.54, 1.807) is 0 Å². The van der Waals surface area contributed by atoms with E-state index >= 15 is 0 Å². The molecule has 0 spiro atoms. The average molecular weight is 222 g/mol. The van der Waals surface area contributed by atoms with Crippen LogP contribution in [0.4, 0.5) is 0 Å². The van der Waals surface area contributed by atoms with E-state index in [0.29, 0.717) is 5.84 Å². The van der Waals surface area contributed by atoms with Gasteiger partial charge < -0.3 is 5.73 Å². The number of nitrogens with two attached hydrogens (primary N) is 1. The van der Waals surface area contributed by atoms with Gasteiger partial charge in [-0.05, 0) is 29.0 Å². The lowest BCUT2D eigenvalue weighted by atomic mass is 10.3. The second kappa shape index (κ2) is 2.48. The van der Waals surface area contributed by atoms with Gasteiger partial charge in [0.1, 0.15) is 5.84 Å². The highest BCUT2D eigenvalue weighted by Gasteiger charge is 2.00. The molecule has 0 fully saturated rings. The van der Waals surface area contributed by atoms with Crippen LogP contribution in [-0.2, 0) is 0 Å². The van der Waals surface area contributed by atoms with Gasteiger partial charge in [0.25, 0.3) is 0 Å². The summed E-state index contributed by atoms with van der Waals surface area (Å²) in [5.74, 6) is 0.692. The summed E-state index contributed by atoms with van der Waals surface area (Å²) in [5, 5.41) is 0. The lowest BCUT2D eigenvalue weighted by Crippen LogP contribution is -2.14. The van der Waals surface area contributed by atoms with Crippen LogP contribution in [0.5, 0.6) is 0 Å². The third-order valence-corrected chi connectivity index (χ3v) is 1.97. The van der Waals surface area contributed by atoms with Crippen molar-refractivity contribution in [3.05, 3.63) is 9.66 Å². The fourth-order valence-corrected chi connectivity index (χ4v) is 1.04. The van der Waals surface area contributed by atoms with Crippen molar-refractivity contribution in [2.24, 2.45) is 10.7 Å². The Balaban J connectivity index is 2.73. The van der Waals surface area contributed by atoms with E-state index in [0.717, 1.165) is 16.5 Å². The monoisotopic (exact) mass is 222 g/mol. The topological polar surface area (TPSA) is 38.4 Å². The summed E-state index contributed by atoms with van der Waals surface area (Å²) in [4.78, 5) is 4.03. The highest BCUT2D eigenvalue weighted by molar-refractivity contribution is 14.1. The molecule has 3 heteroatoms. The molecule has 0 bridgehead atoms. The van der Waals surface area contributed by atoms with Gasteiger partial charge in [0.2, 0.25) is 0 Å². The Labute approximate surface area is 62.0 Å². The average Bonchev–Trinajstić information content (AvgIpc) is 1.77. The molecular weight excluding hydrogens is 215 g/mol. The minimum Gasteiger partial charge on any atom is -0.383 e. The number of rotatable bonds is 0. The van der Waals surface area contributed by atoms with Gasteiger partial charge in [-0.1, -0.05) is 6.08 Å². The quantitative estimate of drug-likeness (QED) is 0.611. The Morgan fingerprint density at radius 2 is 2.50 bits per heavy atom. The maximum atomic E-state index is 5.45. The minimum absolute atomic E-state index is 0.692. The van der Waals surface area contributed by atoms with Crippen LogP contribution in [0.15, 0.2) is 14.6 Å². The molecule has 0 aliphatic carbocycles. The largest absolute Gasteiger partial charge is 0.383 e. The molecule has 0 aromatic carbocycles. The van der Waals surface area contributed by atoms with Crippen LogP contribution in [0.25, 0.3) is 0 Å². The molecule has 1 heterocycles. The van der Waals surface area contributed by atoms with Gasteiger partial charge in [-0.2, -0.15) is 0 Å². The van der Waals surface area contributed by atoms with E-state index in [2.05, 4.69) is 33.7 Å². The summed E-state index contributed by atoms with van der Waals surface area (Å²) in [6.45, 7) is 0.859. The second-order valence-corrected chi connectivity index (χ2v) is 2.77. The lowest BCUT2D eigenvalue weighted by Gasteiger charge is -2.02. The number of nitrogens with zero attached hydrogens (tertiary/aromatic N) is 1. The maximum Gasteiger partial charge on any atom is 0.131 e. The minimum atomic E-state index is 0.692. The van der Waals surface area contributed by atoms with Gasteiger partial charge in [0.05, 0.1) is 3.58 Å². The molecule has 0 amide bonds. The standard InChI is InChI=1S/C5H7IN2/c6-4-2-1-3-8-5(4)7/h2H,1,3H2,(H2,7,8). The lowest BCUT2D eigenvalue weighted by molar-refractivity contribution is 0.988. The van der Waals surface area contributed by atoms with Crippen molar-refractivity contribution >= 4 is 28.4 Å². The number of halogens is 1. The Kier molecular flexibility index (Phi) is 1.88. The van der Waals surface area contributed by atoms with Crippen molar-refractivity contribution in [3.63, 3.8) is 0 Å². The molecule has 2 N–H and O–H groups in total. The first-order chi connectivity index (χ1) is 3.80. The second-order valence-electron chi connectivity index (χ2n) is 1.61. The van der Waals surface area contributed by atoms with Crippen molar-refractivity contribution in [1.82, 2.24) is 0 Å². The summed E-state index contributed by atoms with van der Waals surface area (Å²) in [6, 6.07) is 0. The van der Waals surface area contributed by atoms with Crippen LogP contribution in [0.3, 0.4) is 0 Å². The summed E-state index contributed by atoms with van der Waals surface area (Å²) < 4.78 is 1.09. The SMILES string of the molecule is NC1=NCCC=C1I. The Bertz CT molecular complexity index is 131. The normalized spacial score (nSPS) is 19.6. The van der Waals surface area contributed by atoms with Crippen LogP contribution in [-0.4, -0.2) is 12.4 Å². The zero-order valence-corrected chi connectivity index (χ0v) is 6.55. The van der Waals surface area contributed by atoms with E-state index in [1.807, 2.05) is 0 Å². The van der Waals surface area contributed by atoms with E-state index in [1.165, 1.54) is 0 Å². The van der Waals surface area contributed by atoms with Gasteiger partial charge in [-0.15, -0.1) is 0 Å². The van der Waals surface area contributed by atoms with Crippen molar-refractivity contribution in [2.75, 3.05) is 6.54 Å². The van der Waals surface area contributed by atoms with Gasteiger partial charge in [0.15, 0.2) is 0 Å².